The van der Waals surface area contributed by atoms with Gasteiger partial charge in [-0.15, -0.1) is 0 Å². The van der Waals surface area contributed by atoms with E-state index < -0.39 is 0 Å². The van der Waals surface area contributed by atoms with E-state index in [1.54, 1.807) is 19.4 Å². The quantitative estimate of drug-likeness (QED) is 0.770. The molecule has 0 radical (unpaired) electrons. The highest BCUT2D eigenvalue weighted by Gasteiger charge is 2.41. The van der Waals surface area contributed by atoms with Crippen molar-refractivity contribution in [2.45, 2.75) is 19.3 Å². The Morgan fingerprint density at radius 1 is 1.56 bits per heavy atom. The van der Waals surface area contributed by atoms with Crippen LogP contribution in [0.3, 0.4) is 0 Å². The maximum atomic E-state index is 5.69. The van der Waals surface area contributed by atoms with E-state index >= 15 is 0 Å². The number of anilines is 2. The van der Waals surface area contributed by atoms with E-state index in [1.165, 1.54) is 12.8 Å². The van der Waals surface area contributed by atoms with Gasteiger partial charge in [-0.25, -0.2) is 4.98 Å². The summed E-state index contributed by atoms with van der Waals surface area (Å²) in [5, 5.41) is 3.35. The maximum Gasteiger partial charge on any atom is 0.127 e. The van der Waals surface area contributed by atoms with Crippen molar-refractivity contribution in [1.82, 2.24) is 4.98 Å². The molecule has 1 fully saturated rings. The Hall–Kier alpha value is -1.29. The molecule has 1 aromatic rings. The number of rotatable bonds is 6. The van der Waals surface area contributed by atoms with Gasteiger partial charge < -0.3 is 15.8 Å². The van der Waals surface area contributed by atoms with Crippen molar-refractivity contribution in [3.05, 3.63) is 18.3 Å². The molecule has 4 nitrogen and oxygen atoms in total. The second kappa shape index (κ2) is 4.70. The van der Waals surface area contributed by atoms with E-state index in [4.69, 9.17) is 10.5 Å². The van der Waals surface area contributed by atoms with Crippen LogP contribution in [0, 0.1) is 5.41 Å². The smallest absolute Gasteiger partial charge is 0.127 e. The van der Waals surface area contributed by atoms with Gasteiger partial charge in [0.15, 0.2) is 0 Å². The summed E-state index contributed by atoms with van der Waals surface area (Å²) < 4.78 is 5.13. The molecule has 1 aromatic heterocycles. The molecule has 1 aliphatic carbocycles. The number of nitrogen functional groups attached to an aromatic ring is 1. The van der Waals surface area contributed by atoms with Crippen LogP contribution >= 0.6 is 0 Å². The minimum Gasteiger partial charge on any atom is -0.399 e. The molecule has 0 spiro atoms. The molecule has 0 saturated heterocycles. The molecule has 1 aliphatic rings. The lowest BCUT2D eigenvalue weighted by molar-refractivity contribution is 0.175. The topological polar surface area (TPSA) is 60.2 Å². The van der Waals surface area contributed by atoms with Crippen molar-refractivity contribution in [1.29, 1.82) is 0 Å². The van der Waals surface area contributed by atoms with Crippen LogP contribution in [0.5, 0.6) is 0 Å². The average Bonchev–Trinajstić information content (AvgIpc) is 3.05. The number of nitrogens with one attached hydrogen (secondary N) is 1. The van der Waals surface area contributed by atoms with E-state index in [0.717, 1.165) is 31.1 Å². The van der Waals surface area contributed by atoms with Gasteiger partial charge in [0.2, 0.25) is 0 Å². The minimum absolute atomic E-state index is 0.433. The standard InChI is InChI=1S/C12H19N3O/c1-16-7-5-12(3-4-12)9-15-11-8-10(13)2-6-14-11/h2,6,8H,3-5,7,9H2,1H3,(H3,13,14,15). The first-order valence-electron chi connectivity index (χ1n) is 5.68. The summed E-state index contributed by atoms with van der Waals surface area (Å²) in [5.41, 5.74) is 6.88. The Kier molecular flexibility index (Phi) is 3.29. The number of pyridine rings is 1. The molecule has 0 bridgehead atoms. The summed E-state index contributed by atoms with van der Waals surface area (Å²) in [6, 6.07) is 3.66. The highest BCUT2D eigenvalue weighted by molar-refractivity contribution is 5.48. The van der Waals surface area contributed by atoms with Crippen molar-refractivity contribution in [3.63, 3.8) is 0 Å². The third-order valence-corrected chi connectivity index (χ3v) is 3.22. The van der Waals surface area contributed by atoms with Crippen LogP contribution in [0.15, 0.2) is 18.3 Å². The molecule has 0 atom stereocenters. The number of hydrogen-bond acceptors (Lipinski definition) is 4. The van der Waals surface area contributed by atoms with Crippen LogP contribution in [-0.4, -0.2) is 25.2 Å². The Bertz CT molecular complexity index is 350. The van der Waals surface area contributed by atoms with Crippen LogP contribution in [-0.2, 0) is 4.74 Å². The Balaban J connectivity index is 1.83. The lowest BCUT2D eigenvalue weighted by Crippen LogP contribution is -2.17. The SMILES string of the molecule is COCCC1(CNc2cc(N)ccn2)CC1. The summed E-state index contributed by atoms with van der Waals surface area (Å²) in [7, 11) is 1.75. The molecule has 88 valence electrons. The molecule has 0 unspecified atom stereocenters. The zero-order valence-electron chi connectivity index (χ0n) is 9.70. The first kappa shape index (κ1) is 11.2. The second-order valence-electron chi connectivity index (χ2n) is 4.57. The van der Waals surface area contributed by atoms with Gasteiger partial charge >= 0.3 is 0 Å². The van der Waals surface area contributed by atoms with E-state index in [9.17, 15) is 0 Å². The number of nitrogens with zero attached hydrogens (tertiary/aromatic N) is 1. The molecular weight excluding hydrogens is 202 g/mol. The molecule has 1 saturated carbocycles. The average molecular weight is 221 g/mol. The largest absolute Gasteiger partial charge is 0.399 e. The van der Waals surface area contributed by atoms with Crippen molar-refractivity contribution < 1.29 is 4.74 Å². The van der Waals surface area contributed by atoms with Crippen LogP contribution < -0.4 is 11.1 Å². The summed E-state index contributed by atoms with van der Waals surface area (Å²) >= 11 is 0. The highest BCUT2D eigenvalue weighted by atomic mass is 16.5. The summed E-state index contributed by atoms with van der Waals surface area (Å²) in [6.45, 7) is 1.80. The normalized spacial score (nSPS) is 17.1. The lowest BCUT2D eigenvalue weighted by atomic mass is 10.0. The molecule has 0 amide bonds. The molecule has 16 heavy (non-hydrogen) atoms. The van der Waals surface area contributed by atoms with Gasteiger partial charge in [-0.2, -0.15) is 0 Å². The Morgan fingerprint density at radius 3 is 3.00 bits per heavy atom. The first-order chi connectivity index (χ1) is 7.74. The predicted molar refractivity (Wildman–Crippen MR) is 65.3 cm³/mol. The minimum atomic E-state index is 0.433. The summed E-state index contributed by atoms with van der Waals surface area (Å²) in [4.78, 5) is 4.23. The van der Waals surface area contributed by atoms with Crippen molar-refractivity contribution in [2.75, 3.05) is 31.3 Å². The van der Waals surface area contributed by atoms with E-state index in [1.807, 2.05) is 6.07 Å². The fourth-order valence-corrected chi connectivity index (χ4v) is 1.83. The fraction of sp³-hybridized carbons (Fsp3) is 0.583. The Morgan fingerprint density at radius 2 is 2.38 bits per heavy atom. The van der Waals surface area contributed by atoms with Gasteiger partial charge in [0.05, 0.1) is 0 Å². The van der Waals surface area contributed by atoms with Crippen LogP contribution in [0.4, 0.5) is 11.5 Å². The zero-order chi connectivity index (χ0) is 11.4. The monoisotopic (exact) mass is 221 g/mol. The zero-order valence-corrected chi connectivity index (χ0v) is 9.70. The predicted octanol–water partition coefficient (Wildman–Crippen LogP) is 1.89. The lowest BCUT2D eigenvalue weighted by Gasteiger charge is -2.15. The van der Waals surface area contributed by atoms with E-state index in [2.05, 4.69) is 10.3 Å². The number of methoxy groups -OCH3 is 1. The Labute approximate surface area is 96.2 Å². The van der Waals surface area contributed by atoms with E-state index in [-0.39, 0.29) is 0 Å². The van der Waals surface area contributed by atoms with Crippen molar-refractivity contribution in [2.24, 2.45) is 5.41 Å². The molecular formula is C12H19N3O. The van der Waals surface area contributed by atoms with E-state index in [0.29, 0.717) is 5.41 Å². The maximum absolute atomic E-state index is 5.69. The molecule has 1 heterocycles. The van der Waals surface area contributed by atoms with Gasteiger partial charge in [-0.05, 0) is 30.7 Å². The second-order valence-corrected chi connectivity index (χ2v) is 4.57. The van der Waals surface area contributed by atoms with Crippen molar-refractivity contribution >= 4 is 11.5 Å². The fourth-order valence-electron chi connectivity index (χ4n) is 1.83. The first-order valence-corrected chi connectivity index (χ1v) is 5.68. The van der Waals surface area contributed by atoms with Crippen LogP contribution in [0.2, 0.25) is 0 Å². The number of nitrogens with two attached hydrogens (primary N) is 1. The van der Waals surface area contributed by atoms with Gasteiger partial charge in [0.1, 0.15) is 5.82 Å². The number of aromatic nitrogens is 1. The van der Waals surface area contributed by atoms with Gasteiger partial charge in [0.25, 0.3) is 0 Å². The van der Waals surface area contributed by atoms with Gasteiger partial charge in [-0.1, -0.05) is 0 Å². The molecule has 0 aliphatic heterocycles. The molecule has 2 rings (SSSR count). The third kappa shape index (κ3) is 2.85. The van der Waals surface area contributed by atoms with Crippen LogP contribution in [0.1, 0.15) is 19.3 Å². The van der Waals surface area contributed by atoms with Crippen LogP contribution in [0.25, 0.3) is 0 Å². The van der Waals surface area contributed by atoms with Gasteiger partial charge in [-0.3, -0.25) is 0 Å². The molecule has 0 aromatic carbocycles. The third-order valence-electron chi connectivity index (χ3n) is 3.22. The molecule has 4 heteroatoms. The molecule has 3 N–H and O–H groups in total. The highest BCUT2D eigenvalue weighted by Crippen LogP contribution is 2.48. The number of hydrogen-bond donors (Lipinski definition) is 2. The van der Waals surface area contributed by atoms with Gasteiger partial charge in [0, 0.05) is 38.2 Å². The van der Waals surface area contributed by atoms with Crippen molar-refractivity contribution in [3.8, 4) is 0 Å². The number of ether oxygens (including phenoxy) is 1. The summed E-state index contributed by atoms with van der Waals surface area (Å²) in [6.07, 6.45) is 5.42. The summed E-state index contributed by atoms with van der Waals surface area (Å²) in [5.74, 6) is 0.865.